The van der Waals surface area contributed by atoms with Crippen LogP contribution in [-0.4, -0.2) is 40.6 Å². The van der Waals surface area contributed by atoms with Gasteiger partial charge in [-0.1, -0.05) is 63.7 Å². The van der Waals surface area contributed by atoms with E-state index in [1.807, 2.05) is 0 Å². The molecule has 0 aromatic rings. The molecular formula is C7H12Br4O3S. The van der Waals surface area contributed by atoms with Crippen molar-refractivity contribution in [2.75, 3.05) is 23.0 Å². The maximum atomic E-state index is 11.5. The lowest BCUT2D eigenvalue weighted by atomic mass is 10.3. The van der Waals surface area contributed by atoms with Crippen LogP contribution >= 0.6 is 63.7 Å². The van der Waals surface area contributed by atoms with Crippen LogP contribution in [0.15, 0.2) is 0 Å². The van der Waals surface area contributed by atoms with E-state index in [1.165, 1.54) is 0 Å². The van der Waals surface area contributed by atoms with Crippen molar-refractivity contribution < 1.29 is 12.6 Å². The highest BCUT2D eigenvalue weighted by Gasteiger charge is 2.28. The molecule has 0 saturated heterocycles. The first-order valence-electron chi connectivity index (χ1n) is 4.04. The van der Waals surface area contributed by atoms with Crippen molar-refractivity contribution >= 4 is 73.8 Å². The van der Waals surface area contributed by atoms with E-state index in [1.54, 1.807) is 6.92 Å². The lowest BCUT2D eigenvalue weighted by Crippen LogP contribution is -2.31. The van der Waals surface area contributed by atoms with Crippen LogP contribution < -0.4 is 0 Å². The third-order valence-corrected chi connectivity index (χ3v) is 8.00. The summed E-state index contributed by atoms with van der Waals surface area (Å²) in [6.07, 6.45) is 0. The minimum absolute atomic E-state index is 0.00201. The van der Waals surface area contributed by atoms with Gasteiger partial charge in [0.25, 0.3) is 10.1 Å². The first-order chi connectivity index (χ1) is 6.72. The second kappa shape index (κ2) is 7.31. The molecular weight excluding hydrogens is 484 g/mol. The molecule has 0 amide bonds. The van der Waals surface area contributed by atoms with Gasteiger partial charge in [0.2, 0.25) is 0 Å². The molecule has 0 heterocycles. The fourth-order valence-corrected chi connectivity index (χ4v) is 3.76. The Kier molecular flexibility index (Phi) is 8.20. The Balaban J connectivity index is 4.21. The molecule has 0 radical (unpaired) electrons. The number of rotatable bonds is 7. The molecule has 2 atom stereocenters. The van der Waals surface area contributed by atoms with E-state index in [0.29, 0.717) is 10.7 Å². The zero-order valence-corrected chi connectivity index (χ0v) is 15.2. The van der Waals surface area contributed by atoms with Crippen LogP contribution in [0.4, 0.5) is 0 Å². The molecule has 92 valence electrons. The van der Waals surface area contributed by atoms with Crippen molar-refractivity contribution in [1.82, 2.24) is 0 Å². The van der Waals surface area contributed by atoms with Crippen molar-refractivity contribution in [1.29, 1.82) is 0 Å². The maximum Gasteiger partial charge on any atom is 0.268 e. The number of hydrogen-bond donors (Lipinski definition) is 0. The van der Waals surface area contributed by atoms with E-state index < -0.39 is 14.4 Å². The first kappa shape index (κ1) is 16.8. The summed E-state index contributed by atoms with van der Waals surface area (Å²) in [7, 11) is -3.48. The van der Waals surface area contributed by atoms with Gasteiger partial charge in [-0.25, -0.2) is 0 Å². The molecule has 2 unspecified atom stereocenters. The fourth-order valence-electron chi connectivity index (χ4n) is 0.671. The normalized spacial score (nSPS) is 18.5. The minimum Gasteiger partial charge on any atom is -0.269 e. The lowest BCUT2D eigenvalue weighted by molar-refractivity contribution is 0.324. The highest BCUT2D eigenvalue weighted by Crippen LogP contribution is 2.23. The molecule has 0 bridgehead atoms. The Morgan fingerprint density at radius 2 is 1.93 bits per heavy atom. The minimum atomic E-state index is -3.48. The summed E-state index contributed by atoms with van der Waals surface area (Å²) in [6, 6.07) is 0. The number of alkyl halides is 4. The van der Waals surface area contributed by atoms with Crippen molar-refractivity contribution in [2.24, 2.45) is 0 Å². The van der Waals surface area contributed by atoms with Crippen LogP contribution in [0, 0.1) is 0 Å². The van der Waals surface area contributed by atoms with Crippen LogP contribution in [-0.2, 0) is 14.3 Å². The van der Waals surface area contributed by atoms with Crippen molar-refractivity contribution in [3.05, 3.63) is 0 Å². The second-order valence-corrected chi connectivity index (χ2v) is 9.34. The van der Waals surface area contributed by atoms with E-state index in [-0.39, 0.29) is 17.2 Å². The first-order valence-corrected chi connectivity index (χ1v) is 9.57. The van der Waals surface area contributed by atoms with Gasteiger partial charge in [-0.05, 0) is 6.92 Å². The van der Waals surface area contributed by atoms with Crippen molar-refractivity contribution in [2.45, 2.75) is 16.1 Å². The standard InChI is InChI=1S/C7H12Br4O3S/c1-7(11,4-9)5-15(12,13)14-3-6(10)2-8/h6H,2-5H2,1H3. The number of hydrogen-bond acceptors (Lipinski definition) is 3. The van der Waals surface area contributed by atoms with Gasteiger partial charge in [0, 0.05) is 19.8 Å². The van der Waals surface area contributed by atoms with Gasteiger partial charge in [-0.15, -0.1) is 0 Å². The van der Waals surface area contributed by atoms with Gasteiger partial charge in [0.1, 0.15) is 0 Å². The summed E-state index contributed by atoms with van der Waals surface area (Å²) >= 11 is 13.0. The largest absolute Gasteiger partial charge is 0.269 e. The van der Waals surface area contributed by atoms with E-state index >= 15 is 0 Å². The number of halogens is 4. The van der Waals surface area contributed by atoms with Gasteiger partial charge in [-0.2, -0.15) is 8.42 Å². The molecule has 0 fully saturated rings. The van der Waals surface area contributed by atoms with Gasteiger partial charge in [-0.3, -0.25) is 4.18 Å². The fraction of sp³-hybridized carbons (Fsp3) is 1.00. The van der Waals surface area contributed by atoms with Gasteiger partial charge >= 0.3 is 0 Å². The third kappa shape index (κ3) is 8.54. The smallest absolute Gasteiger partial charge is 0.268 e. The predicted molar refractivity (Wildman–Crippen MR) is 77.4 cm³/mol. The zero-order valence-electron chi connectivity index (χ0n) is 8.05. The van der Waals surface area contributed by atoms with Gasteiger partial charge < -0.3 is 0 Å². The Hall–Kier alpha value is 1.83. The van der Waals surface area contributed by atoms with Crippen molar-refractivity contribution in [3.8, 4) is 0 Å². The van der Waals surface area contributed by atoms with Crippen LogP contribution in [0.2, 0.25) is 0 Å². The van der Waals surface area contributed by atoms with Gasteiger partial charge in [0.05, 0.1) is 12.4 Å². The van der Waals surface area contributed by atoms with E-state index in [2.05, 4.69) is 63.7 Å². The van der Waals surface area contributed by atoms with Crippen LogP contribution in [0.25, 0.3) is 0 Å². The highest BCUT2D eigenvalue weighted by molar-refractivity contribution is 9.12. The molecule has 0 spiro atoms. The molecule has 0 aliphatic carbocycles. The molecule has 0 saturated carbocycles. The Morgan fingerprint density at radius 3 is 2.33 bits per heavy atom. The molecule has 0 aromatic carbocycles. The third-order valence-electron chi connectivity index (χ3n) is 1.35. The average molecular weight is 496 g/mol. The Bertz CT molecular complexity index is 278. The van der Waals surface area contributed by atoms with Crippen LogP contribution in [0.3, 0.4) is 0 Å². The molecule has 0 aromatic heterocycles. The van der Waals surface area contributed by atoms with Crippen molar-refractivity contribution in [3.63, 3.8) is 0 Å². The molecule has 15 heavy (non-hydrogen) atoms. The van der Waals surface area contributed by atoms with Gasteiger partial charge in [0.15, 0.2) is 0 Å². The summed E-state index contributed by atoms with van der Waals surface area (Å²) in [4.78, 5) is -0.00201. The summed E-state index contributed by atoms with van der Waals surface area (Å²) in [5.74, 6) is -0.0622. The average Bonchev–Trinajstić information content (AvgIpc) is 2.13. The lowest BCUT2D eigenvalue weighted by Gasteiger charge is -2.19. The quantitative estimate of drug-likeness (QED) is 0.403. The SMILES string of the molecule is CC(Br)(CBr)CS(=O)(=O)OCC(Br)CBr. The summed E-state index contributed by atoms with van der Waals surface area (Å²) in [5, 5.41) is 1.19. The molecule has 0 N–H and O–H groups in total. The zero-order chi connectivity index (χ0) is 12.1. The molecule has 3 nitrogen and oxygen atoms in total. The monoisotopic (exact) mass is 492 g/mol. The van der Waals surface area contributed by atoms with Crippen LogP contribution in [0.5, 0.6) is 0 Å². The van der Waals surface area contributed by atoms with E-state index in [4.69, 9.17) is 4.18 Å². The predicted octanol–water partition coefficient (Wildman–Crippen LogP) is 3.04. The molecule has 8 heteroatoms. The summed E-state index contributed by atoms with van der Waals surface area (Å²) in [6.45, 7) is 1.93. The highest BCUT2D eigenvalue weighted by atomic mass is 79.9. The maximum absolute atomic E-state index is 11.5. The topological polar surface area (TPSA) is 43.4 Å². The van der Waals surface area contributed by atoms with E-state index in [0.717, 1.165) is 0 Å². The summed E-state index contributed by atoms with van der Waals surface area (Å²) < 4.78 is 27.4. The Labute approximate surface area is 124 Å². The molecule has 0 aliphatic rings. The van der Waals surface area contributed by atoms with E-state index in [9.17, 15) is 8.42 Å². The van der Waals surface area contributed by atoms with Crippen LogP contribution in [0.1, 0.15) is 6.92 Å². The molecule has 0 rings (SSSR count). The molecule has 0 aliphatic heterocycles. The Morgan fingerprint density at radius 1 is 1.40 bits per heavy atom. The second-order valence-electron chi connectivity index (χ2n) is 3.29. The summed E-state index contributed by atoms with van der Waals surface area (Å²) in [5.41, 5.74) is 0.